The fraction of sp³-hybridized carbons (Fsp3) is 0.818. The molecule has 0 aromatic heterocycles. The number of allylic oxidation sites excluding steroid dienone is 2. The van der Waals surface area contributed by atoms with Crippen LogP contribution in [0.1, 0.15) is 51.9 Å². The first-order valence-electron chi connectivity index (χ1n) is 4.99. The van der Waals surface area contributed by atoms with Gasteiger partial charge in [-0.05, 0) is 38.0 Å². The lowest BCUT2D eigenvalue weighted by Crippen LogP contribution is -2.18. The van der Waals surface area contributed by atoms with Gasteiger partial charge in [0.1, 0.15) is 0 Å². The van der Waals surface area contributed by atoms with Crippen LogP contribution in [0.15, 0.2) is 11.6 Å². The molecule has 11 heavy (non-hydrogen) atoms. The predicted molar refractivity (Wildman–Crippen MR) is 48.5 cm³/mol. The Kier molecular flexibility index (Phi) is 1.78. The zero-order chi connectivity index (χ0) is 7.73. The van der Waals surface area contributed by atoms with Crippen LogP contribution in [-0.4, -0.2) is 0 Å². The highest BCUT2D eigenvalue weighted by molar-refractivity contribution is 5.15. The van der Waals surface area contributed by atoms with Crippen LogP contribution in [0.4, 0.5) is 0 Å². The van der Waals surface area contributed by atoms with Crippen LogP contribution in [0.3, 0.4) is 0 Å². The van der Waals surface area contributed by atoms with Crippen LogP contribution in [-0.2, 0) is 0 Å². The zero-order valence-electron chi connectivity index (χ0n) is 7.53. The number of rotatable bonds is 0. The van der Waals surface area contributed by atoms with E-state index in [0.717, 1.165) is 0 Å². The summed E-state index contributed by atoms with van der Waals surface area (Å²) in [6.07, 6.45) is 12.8. The molecule has 0 aliphatic heterocycles. The molecule has 62 valence electrons. The van der Waals surface area contributed by atoms with Crippen molar-refractivity contribution < 1.29 is 0 Å². The average molecular weight is 150 g/mol. The van der Waals surface area contributed by atoms with E-state index in [1.54, 1.807) is 5.57 Å². The summed E-state index contributed by atoms with van der Waals surface area (Å²) in [5.74, 6) is 0. The third-order valence-electron chi connectivity index (χ3n) is 3.42. The highest BCUT2D eigenvalue weighted by Gasteiger charge is 2.32. The van der Waals surface area contributed by atoms with Crippen LogP contribution in [0.5, 0.6) is 0 Å². The van der Waals surface area contributed by atoms with Crippen molar-refractivity contribution in [2.24, 2.45) is 5.41 Å². The molecule has 0 unspecified atom stereocenters. The molecule has 2 aliphatic rings. The molecule has 2 rings (SSSR count). The molecule has 0 heteroatoms. The van der Waals surface area contributed by atoms with Crippen LogP contribution in [0, 0.1) is 5.41 Å². The van der Waals surface area contributed by atoms with Crippen LogP contribution < -0.4 is 0 Å². The second-order valence-electron chi connectivity index (χ2n) is 4.41. The van der Waals surface area contributed by atoms with Crippen LogP contribution >= 0.6 is 0 Å². The molecular formula is C11H18. The van der Waals surface area contributed by atoms with Gasteiger partial charge in [0, 0.05) is 0 Å². The highest BCUT2D eigenvalue weighted by atomic mass is 14.4. The van der Waals surface area contributed by atoms with Gasteiger partial charge in [-0.2, -0.15) is 0 Å². The van der Waals surface area contributed by atoms with E-state index >= 15 is 0 Å². The third kappa shape index (κ3) is 1.36. The molecule has 0 aromatic rings. The average Bonchev–Trinajstić information content (AvgIpc) is 2.34. The van der Waals surface area contributed by atoms with Gasteiger partial charge in [0.2, 0.25) is 0 Å². The zero-order valence-corrected chi connectivity index (χ0v) is 7.53. The minimum absolute atomic E-state index is 0.683. The lowest BCUT2D eigenvalue weighted by atomic mass is 9.74. The van der Waals surface area contributed by atoms with Crippen molar-refractivity contribution in [1.82, 2.24) is 0 Å². The van der Waals surface area contributed by atoms with Gasteiger partial charge >= 0.3 is 0 Å². The Hall–Kier alpha value is -0.260. The lowest BCUT2D eigenvalue weighted by Gasteiger charge is -2.31. The van der Waals surface area contributed by atoms with E-state index in [9.17, 15) is 0 Å². The first-order valence-corrected chi connectivity index (χ1v) is 4.99. The van der Waals surface area contributed by atoms with Gasteiger partial charge in [0.15, 0.2) is 0 Å². The van der Waals surface area contributed by atoms with Gasteiger partial charge in [-0.3, -0.25) is 0 Å². The van der Waals surface area contributed by atoms with Crippen molar-refractivity contribution in [2.45, 2.75) is 51.9 Å². The topological polar surface area (TPSA) is 0 Å². The first-order chi connectivity index (χ1) is 5.31. The minimum Gasteiger partial charge on any atom is -0.0794 e. The molecule has 0 aromatic carbocycles. The molecule has 0 bridgehead atoms. The summed E-state index contributed by atoms with van der Waals surface area (Å²) in [7, 11) is 0. The fourth-order valence-electron chi connectivity index (χ4n) is 2.76. The smallest absolute Gasteiger partial charge is 0.0113 e. The quantitative estimate of drug-likeness (QED) is 0.462. The van der Waals surface area contributed by atoms with E-state index in [2.05, 4.69) is 13.0 Å². The largest absolute Gasteiger partial charge is 0.0794 e. The summed E-state index contributed by atoms with van der Waals surface area (Å²) in [6, 6.07) is 0. The SMILES string of the molecule is CC1=CC2(CCCCC2)CC1. The molecule has 1 spiro atoms. The van der Waals surface area contributed by atoms with Gasteiger partial charge in [0.05, 0.1) is 0 Å². The highest BCUT2D eigenvalue weighted by Crippen LogP contribution is 2.46. The first kappa shape index (κ1) is 7.39. The van der Waals surface area contributed by atoms with Crippen molar-refractivity contribution in [3.63, 3.8) is 0 Å². The van der Waals surface area contributed by atoms with Gasteiger partial charge in [-0.15, -0.1) is 0 Å². The van der Waals surface area contributed by atoms with E-state index in [0.29, 0.717) is 5.41 Å². The Morgan fingerprint density at radius 1 is 1.09 bits per heavy atom. The van der Waals surface area contributed by atoms with Gasteiger partial charge in [-0.1, -0.05) is 30.9 Å². The second kappa shape index (κ2) is 2.66. The normalized spacial score (nSPS) is 29.0. The molecule has 0 heterocycles. The fourth-order valence-corrected chi connectivity index (χ4v) is 2.76. The van der Waals surface area contributed by atoms with Gasteiger partial charge < -0.3 is 0 Å². The summed E-state index contributed by atoms with van der Waals surface area (Å²) in [5, 5.41) is 0. The summed E-state index contributed by atoms with van der Waals surface area (Å²) >= 11 is 0. The Labute approximate surface area is 69.7 Å². The van der Waals surface area contributed by atoms with Crippen LogP contribution in [0.25, 0.3) is 0 Å². The Morgan fingerprint density at radius 2 is 1.82 bits per heavy atom. The summed E-state index contributed by atoms with van der Waals surface area (Å²) in [4.78, 5) is 0. The molecular weight excluding hydrogens is 132 g/mol. The van der Waals surface area contributed by atoms with E-state index in [1.807, 2.05) is 0 Å². The maximum absolute atomic E-state index is 2.58. The van der Waals surface area contributed by atoms with E-state index in [1.165, 1.54) is 44.9 Å². The Morgan fingerprint density at radius 3 is 2.36 bits per heavy atom. The minimum atomic E-state index is 0.683. The molecule has 0 N–H and O–H groups in total. The van der Waals surface area contributed by atoms with Gasteiger partial charge in [-0.25, -0.2) is 0 Å². The van der Waals surface area contributed by atoms with Crippen molar-refractivity contribution in [1.29, 1.82) is 0 Å². The summed E-state index contributed by atoms with van der Waals surface area (Å²) < 4.78 is 0. The monoisotopic (exact) mass is 150 g/mol. The Bertz CT molecular complexity index is 170. The van der Waals surface area contributed by atoms with Crippen molar-refractivity contribution in [2.75, 3.05) is 0 Å². The molecule has 0 radical (unpaired) electrons. The van der Waals surface area contributed by atoms with Crippen LogP contribution in [0.2, 0.25) is 0 Å². The molecule has 2 aliphatic carbocycles. The molecule has 0 saturated heterocycles. The van der Waals surface area contributed by atoms with Crippen molar-refractivity contribution in [3.05, 3.63) is 11.6 Å². The standard InChI is InChI=1S/C11H18/c1-10-5-8-11(9-10)6-3-2-4-7-11/h9H,2-8H2,1H3. The van der Waals surface area contributed by atoms with Crippen molar-refractivity contribution >= 4 is 0 Å². The molecule has 1 fully saturated rings. The Balaban J connectivity index is 2.09. The molecule has 1 saturated carbocycles. The molecule has 0 nitrogen and oxygen atoms in total. The maximum Gasteiger partial charge on any atom is -0.0113 e. The van der Waals surface area contributed by atoms with Crippen molar-refractivity contribution in [3.8, 4) is 0 Å². The molecule has 0 amide bonds. The van der Waals surface area contributed by atoms with Gasteiger partial charge in [0.25, 0.3) is 0 Å². The number of hydrogen-bond acceptors (Lipinski definition) is 0. The summed E-state index contributed by atoms with van der Waals surface area (Å²) in [6.45, 7) is 2.29. The lowest BCUT2D eigenvalue weighted by molar-refractivity contribution is 0.254. The van der Waals surface area contributed by atoms with E-state index in [4.69, 9.17) is 0 Å². The number of hydrogen-bond donors (Lipinski definition) is 0. The maximum atomic E-state index is 2.58. The third-order valence-corrected chi connectivity index (χ3v) is 3.42. The second-order valence-corrected chi connectivity index (χ2v) is 4.41. The summed E-state index contributed by atoms with van der Waals surface area (Å²) in [5.41, 5.74) is 2.33. The predicted octanol–water partition coefficient (Wildman–Crippen LogP) is 3.68. The molecule has 0 atom stereocenters. The van der Waals surface area contributed by atoms with E-state index in [-0.39, 0.29) is 0 Å². The van der Waals surface area contributed by atoms with E-state index < -0.39 is 0 Å².